The molecule has 2 aromatic rings. The van der Waals surface area contributed by atoms with Crippen LogP contribution < -0.4 is 5.73 Å². The molecule has 1 unspecified atom stereocenters. The molecular weight excluding hydrogens is 206 g/mol. The summed E-state index contributed by atoms with van der Waals surface area (Å²) in [4.78, 5) is 4.06. The number of imidazole rings is 1. The van der Waals surface area contributed by atoms with Gasteiger partial charge in [-0.15, -0.1) is 11.8 Å². The molecule has 0 saturated carbocycles. The summed E-state index contributed by atoms with van der Waals surface area (Å²) in [7, 11) is 0. The van der Waals surface area contributed by atoms with Gasteiger partial charge in [0.2, 0.25) is 0 Å². The van der Waals surface area contributed by atoms with Gasteiger partial charge in [0.25, 0.3) is 0 Å². The summed E-state index contributed by atoms with van der Waals surface area (Å²) in [5.74, 6) is 0. The molecule has 0 aliphatic carbocycles. The molecule has 0 aliphatic heterocycles. The minimum Gasteiger partial charge on any atom is -0.399 e. The lowest BCUT2D eigenvalue weighted by molar-refractivity contribution is 0.777. The highest BCUT2D eigenvalue weighted by Gasteiger charge is 2.10. The minimum atomic E-state index is 0.271. The first-order valence-electron chi connectivity index (χ1n) is 4.67. The monoisotopic (exact) mass is 219 g/mol. The van der Waals surface area contributed by atoms with Crippen LogP contribution in [0.5, 0.6) is 0 Å². The Labute approximate surface area is 93.3 Å². The normalized spacial score (nSPS) is 12.6. The Bertz CT molecular complexity index is 408. The quantitative estimate of drug-likeness (QED) is 0.806. The number of aromatic nitrogens is 2. The predicted molar refractivity (Wildman–Crippen MR) is 64.7 cm³/mol. The molecule has 0 saturated heterocycles. The molecule has 3 nitrogen and oxygen atoms in total. The Morgan fingerprint density at radius 1 is 1.33 bits per heavy atom. The minimum absolute atomic E-state index is 0.271. The van der Waals surface area contributed by atoms with E-state index in [9.17, 15) is 0 Å². The van der Waals surface area contributed by atoms with Crippen molar-refractivity contribution in [1.82, 2.24) is 9.55 Å². The van der Waals surface area contributed by atoms with Crippen molar-refractivity contribution in [2.75, 3.05) is 12.0 Å². The number of benzene rings is 1. The molecule has 0 bridgehead atoms. The highest BCUT2D eigenvalue weighted by molar-refractivity contribution is 7.98. The van der Waals surface area contributed by atoms with Crippen LogP contribution in [-0.4, -0.2) is 15.8 Å². The lowest BCUT2D eigenvalue weighted by atomic mass is 10.2. The van der Waals surface area contributed by atoms with E-state index < -0.39 is 0 Å². The fourth-order valence-corrected chi connectivity index (χ4v) is 2.30. The maximum atomic E-state index is 5.66. The van der Waals surface area contributed by atoms with Crippen LogP contribution in [0.2, 0.25) is 0 Å². The van der Waals surface area contributed by atoms with E-state index >= 15 is 0 Å². The molecule has 4 heteroatoms. The standard InChI is InChI=1S/C11H13N3S/c1-15-11(14-7-6-13-8-14)9-2-4-10(12)5-3-9/h2-8,11H,12H2,1H3. The van der Waals surface area contributed by atoms with E-state index in [-0.39, 0.29) is 5.37 Å². The molecule has 1 heterocycles. The zero-order valence-electron chi connectivity index (χ0n) is 8.50. The number of nitrogen functional groups attached to an aromatic ring is 1. The van der Waals surface area contributed by atoms with E-state index in [1.807, 2.05) is 24.7 Å². The van der Waals surface area contributed by atoms with Crippen molar-refractivity contribution >= 4 is 17.4 Å². The van der Waals surface area contributed by atoms with Crippen molar-refractivity contribution in [2.45, 2.75) is 5.37 Å². The third kappa shape index (κ3) is 2.15. The van der Waals surface area contributed by atoms with Gasteiger partial charge in [-0.25, -0.2) is 4.98 Å². The van der Waals surface area contributed by atoms with E-state index in [1.165, 1.54) is 5.56 Å². The van der Waals surface area contributed by atoms with Crippen molar-refractivity contribution < 1.29 is 0 Å². The van der Waals surface area contributed by atoms with Gasteiger partial charge < -0.3 is 10.3 Å². The largest absolute Gasteiger partial charge is 0.399 e. The van der Waals surface area contributed by atoms with Crippen molar-refractivity contribution in [3.8, 4) is 0 Å². The molecule has 15 heavy (non-hydrogen) atoms. The lowest BCUT2D eigenvalue weighted by Crippen LogP contribution is -2.04. The Balaban J connectivity index is 2.31. The number of rotatable bonds is 3. The fraction of sp³-hybridized carbons (Fsp3) is 0.182. The van der Waals surface area contributed by atoms with Crippen LogP contribution in [-0.2, 0) is 0 Å². The van der Waals surface area contributed by atoms with Crippen LogP contribution in [0.4, 0.5) is 5.69 Å². The number of nitrogens with two attached hydrogens (primary N) is 1. The molecule has 0 radical (unpaired) electrons. The molecule has 2 N–H and O–H groups in total. The highest BCUT2D eigenvalue weighted by atomic mass is 32.2. The fourth-order valence-electron chi connectivity index (χ4n) is 1.50. The second-order valence-electron chi connectivity index (χ2n) is 3.26. The van der Waals surface area contributed by atoms with Gasteiger partial charge in [0.1, 0.15) is 5.37 Å². The zero-order chi connectivity index (χ0) is 10.7. The average Bonchev–Trinajstić information content (AvgIpc) is 2.75. The van der Waals surface area contributed by atoms with Gasteiger partial charge in [-0.05, 0) is 24.0 Å². The van der Waals surface area contributed by atoms with E-state index in [1.54, 1.807) is 18.0 Å². The highest BCUT2D eigenvalue weighted by Crippen LogP contribution is 2.28. The van der Waals surface area contributed by atoms with E-state index in [2.05, 4.69) is 27.9 Å². The number of nitrogens with zero attached hydrogens (tertiary/aromatic N) is 2. The summed E-state index contributed by atoms with van der Waals surface area (Å²) in [6.07, 6.45) is 7.68. The van der Waals surface area contributed by atoms with Gasteiger partial charge in [-0.2, -0.15) is 0 Å². The van der Waals surface area contributed by atoms with Crippen LogP contribution >= 0.6 is 11.8 Å². The second-order valence-corrected chi connectivity index (χ2v) is 4.18. The maximum Gasteiger partial charge on any atom is 0.105 e. The molecule has 0 aliphatic rings. The first kappa shape index (κ1) is 10.1. The van der Waals surface area contributed by atoms with Crippen LogP contribution in [0.1, 0.15) is 10.9 Å². The van der Waals surface area contributed by atoms with Crippen LogP contribution in [0.15, 0.2) is 43.0 Å². The number of thioether (sulfide) groups is 1. The summed E-state index contributed by atoms with van der Waals surface area (Å²) in [6, 6.07) is 7.96. The van der Waals surface area contributed by atoms with Gasteiger partial charge in [0.15, 0.2) is 0 Å². The molecule has 1 atom stereocenters. The number of anilines is 1. The van der Waals surface area contributed by atoms with Crippen molar-refractivity contribution in [1.29, 1.82) is 0 Å². The molecule has 78 valence electrons. The van der Waals surface area contributed by atoms with Crippen molar-refractivity contribution in [2.24, 2.45) is 0 Å². The SMILES string of the molecule is CSC(c1ccc(N)cc1)n1ccnc1. The summed E-state index contributed by atoms with van der Waals surface area (Å²) in [6.45, 7) is 0. The lowest BCUT2D eigenvalue weighted by Gasteiger charge is -2.16. The Hall–Kier alpha value is -1.42. The van der Waals surface area contributed by atoms with Gasteiger partial charge >= 0.3 is 0 Å². The zero-order valence-corrected chi connectivity index (χ0v) is 9.32. The van der Waals surface area contributed by atoms with Gasteiger partial charge in [0.05, 0.1) is 6.33 Å². The number of hydrogen-bond donors (Lipinski definition) is 1. The molecule has 1 aromatic heterocycles. The smallest absolute Gasteiger partial charge is 0.105 e. The summed E-state index contributed by atoms with van der Waals surface area (Å²) < 4.78 is 2.08. The third-order valence-corrected chi connectivity index (χ3v) is 3.20. The first-order valence-corrected chi connectivity index (χ1v) is 5.95. The van der Waals surface area contributed by atoms with Gasteiger partial charge in [-0.1, -0.05) is 12.1 Å². The topological polar surface area (TPSA) is 43.8 Å². The molecule has 0 fully saturated rings. The Morgan fingerprint density at radius 2 is 2.07 bits per heavy atom. The summed E-state index contributed by atoms with van der Waals surface area (Å²) >= 11 is 1.77. The van der Waals surface area contributed by atoms with Crippen LogP contribution in [0.3, 0.4) is 0 Å². The van der Waals surface area contributed by atoms with E-state index in [0.29, 0.717) is 0 Å². The van der Waals surface area contributed by atoms with E-state index in [4.69, 9.17) is 5.73 Å². The first-order chi connectivity index (χ1) is 7.31. The molecular formula is C11H13N3S. The average molecular weight is 219 g/mol. The summed E-state index contributed by atoms with van der Waals surface area (Å²) in [5.41, 5.74) is 7.69. The molecule has 0 amide bonds. The Morgan fingerprint density at radius 3 is 2.60 bits per heavy atom. The molecule has 2 rings (SSSR count). The third-order valence-electron chi connectivity index (χ3n) is 2.24. The van der Waals surface area contributed by atoms with Gasteiger partial charge in [0, 0.05) is 18.1 Å². The van der Waals surface area contributed by atoms with E-state index in [0.717, 1.165) is 5.69 Å². The van der Waals surface area contributed by atoms with Crippen LogP contribution in [0, 0.1) is 0 Å². The molecule has 0 spiro atoms. The Kier molecular flexibility index (Phi) is 2.97. The summed E-state index contributed by atoms with van der Waals surface area (Å²) in [5, 5.41) is 0.271. The number of hydrogen-bond acceptors (Lipinski definition) is 3. The van der Waals surface area contributed by atoms with Crippen molar-refractivity contribution in [3.05, 3.63) is 48.5 Å². The van der Waals surface area contributed by atoms with Crippen molar-refractivity contribution in [3.63, 3.8) is 0 Å². The predicted octanol–water partition coefficient (Wildman–Crippen LogP) is 2.38. The second kappa shape index (κ2) is 4.40. The molecule has 1 aromatic carbocycles. The maximum absolute atomic E-state index is 5.66. The van der Waals surface area contributed by atoms with Crippen LogP contribution in [0.25, 0.3) is 0 Å². The van der Waals surface area contributed by atoms with Gasteiger partial charge in [-0.3, -0.25) is 0 Å².